The molecule has 0 aromatic heterocycles. The monoisotopic (exact) mass is 407 g/mol. The summed E-state index contributed by atoms with van der Waals surface area (Å²) in [4.78, 5) is 24.2. The minimum Gasteiger partial charge on any atom is -0.492 e. The zero-order chi connectivity index (χ0) is 21.1. The summed E-state index contributed by atoms with van der Waals surface area (Å²) in [5, 5.41) is 12.6. The van der Waals surface area contributed by atoms with E-state index in [4.69, 9.17) is 4.74 Å². The number of hydrogen-bond donors (Lipinski definition) is 2. The van der Waals surface area contributed by atoms with Gasteiger partial charge in [-0.25, -0.2) is 0 Å². The SMILES string of the molecule is CC1CCC(COc2ccc(CC(=O)Nc3ccc4c(c3)CCC4)cc2)(C(=O)O)C1. The topological polar surface area (TPSA) is 75.6 Å². The van der Waals surface area contributed by atoms with E-state index in [2.05, 4.69) is 24.4 Å². The predicted octanol–water partition coefficient (Wildman–Crippen LogP) is 4.63. The van der Waals surface area contributed by atoms with Crippen LogP contribution >= 0.6 is 0 Å². The van der Waals surface area contributed by atoms with Crippen molar-refractivity contribution >= 4 is 17.6 Å². The van der Waals surface area contributed by atoms with Gasteiger partial charge in [-0.05, 0) is 85.4 Å². The molecule has 0 aliphatic heterocycles. The maximum atomic E-state index is 12.4. The number of hydrogen-bond acceptors (Lipinski definition) is 3. The van der Waals surface area contributed by atoms with Gasteiger partial charge in [0, 0.05) is 5.69 Å². The lowest BCUT2D eigenvalue weighted by Crippen LogP contribution is -2.34. The van der Waals surface area contributed by atoms with Crippen LogP contribution in [0.1, 0.15) is 49.3 Å². The first-order valence-corrected chi connectivity index (χ1v) is 10.8. The number of fused-ring (bicyclic) bond motifs is 1. The zero-order valence-corrected chi connectivity index (χ0v) is 17.4. The maximum absolute atomic E-state index is 12.4. The smallest absolute Gasteiger partial charge is 0.313 e. The van der Waals surface area contributed by atoms with Crippen LogP contribution in [0.5, 0.6) is 5.75 Å². The highest BCUT2D eigenvalue weighted by Gasteiger charge is 2.45. The van der Waals surface area contributed by atoms with E-state index in [-0.39, 0.29) is 18.9 Å². The second-order valence-electron chi connectivity index (χ2n) is 8.93. The average molecular weight is 408 g/mol. The van der Waals surface area contributed by atoms with Gasteiger partial charge in [0.05, 0.1) is 6.42 Å². The van der Waals surface area contributed by atoms with Crippen molar-refractivity contribution in [2.45, 2.75) is 51.9 Å². The Labute approximate surface area is 177 Å². The Morgan fingerprint density at radius 3 is 2.60 bits per heavy atom. The van der Waals surface area contributed by atoms with Gasteiger partial charge in [0.1, 0.15) is 17.8 Å². The first-order valence-electron chi connectivity index (χ1n) is 10.8. The molecule has 2 N–H and O–H groups in total. The minimum atomic E-state index is -0.784. The zero-order valence-electron chi connectivity index (χ0n) is 17.4. The summed E-state index contributed by atoms with van der Waals surface area (Å²) in [6.45, 7) is 2.28. The van der Waals surface area contributed by atoms with E-state index in [0.717, 1.165) is 30.5 Å². The molecule has 0 heterocycles. The summed E-state index contributed by atoms with van der Waals surface area (Å²) < 4.78 is 5.82. The molecule has 1 fully saturated rings. The molecule has 0 spiro atoms. The Morgan fingerprint density at radius 2 is 1.90 bits per heavy atom. The lowest BCUT2D eigenvalue weighted by molar-refractivity contribution is -0.150. The summed E-state index contributed by atoms with van der Waals surface area (Å²) >= 11 is 0. The van der Waals surface area contributed by atoms with Gasteiger partial charge >= 0.3 is 5.97 Å². The number of carboxylic acids is 1. The van der Waals surface area contributed by atoms with Crippen molar-refractivity contribution in [2.75, 3.05) is 11.9 Å². The van der Waals surface area contributed by atoms with Crippen LogP contribution in [0.2, 0.25) is 0 Å². The van der Waals surface area contributed by atoms with Crippen LogP contribution in [0, 0.1) is 11.3 Å². The summed E-state index contributed by atoms with van der Waals surface area (Å²) in [5.74, 6) is 0.229. The number of ether oxygens (including phenoxy) is 1. The number of rotatable bonds is 7. The van der Waals surface area contributed by atoms with Crippen molar-refractivity contribution in [1.29, 1.82) is 0 Å². The quantitative estimate of drug-likeness (QED) is 0.702. The number of aliphatic carboxylic acids is 1. The normalized spacial score (nSPS) is 22.5. The van der Waals surface area contributed by atoms with Gasteiger partial charge < -0.3 is 15.2 Å². The number of aryl methyl sites for hydroxylation is 2. The Kier molecular flexibility index (Phi) is 5.80. The van der Waals surface area contributed by atoms with E-state index in [1.807, 2.05) is 30.3 Å². The fraction of sp³-hybridized carbons (Fsp3) is 0.440. The molecule has 2 unspecified atom stereocenters. The largest absolute Gasteiger partial charge is 0.492 e. The van der Waals surface area contributed by atoms with Crippen LogP contribution in [0.3, 0.4) is 0 Å². The highest BCUT2D eigenvalue weighted by Crippen LogP contribution is 2.42. The number of nitrogens with one attached hydrogen (secondary N) is 1. The van der Waals surface area contributed by atoms with Crippen molar-refractivity contribution < 1.29 is 19.4 Å². The van der Waals surface area contributed by atoms with Gasteiger partial charge in [-0.1, -0.05) is 25.1 Å². The highest BCUT2D eigenvalue weighted by atomic mass is 16.5. The number of carbonyl (C=O) groups is 2. The molecular formula is C25H29NO4. The van der Waals surface area contributed by atoms with Crippen molar-refractivity contribution in [3.63, 3.8) is 0 Å². The van der Waals surface area contributed by atoms with Gasteiger partial charge in [0.15, 0.2) is 0 Å². The van der Waals surface area contributed by atoms with Crippen LogP contribution < -0.4 is 10.1 Å². The fourth-order valence-corrected chi connectivity index (χ4v) is 4.75. The van der Waals surface area contributed by atoms with Crippen molar-refractivity contribution in [1.82, 2.24) is 0 Å². The maximum Gasteiger partial charge on any atom is 0.313 e. The molecular weight excluding hydrogens is 378 g/mol. The van der Waals surface area contributed by atoms with Crippen LogP contribution in [0.25, 0.3) is 0 Å². The molecule has 2 atom stereocenters. The van der Waals surface area contributed by atoms with Crippen molar-refractivity contribution in [3.05, 3.63) is 59.2 Å². The van der Waals surface area contributed by atoms with E-state index in [1.165, 1.54) is 17.5 Å². The van der Waals surface area contributed by atoms with E-state index in [0.29, 0.717) is 24.5 Å². The number of carboxylic acid groups (broad SMARTS) is 1. The number of anilines is 1. The molecule has 2 aromatic carbocycles. The standard InChI is InChI=1S/C25H29NO4/c1-17-11-12-25(15-17,24(28)29)16-30-22-9-5-18(6-10-22)13-23(27)26-21-8-7-19-3-2-4-20(19)14-21/h5-10,14,17H,2-4,11-13,15-16H2,1H3,(H,26,27)(H,28,29). The van der Waals surface area contributed by atoms with Gasteiger partial charge in [-0.3, -0.25) is 9.59 Å². The lowest BCUT2D eigenvalue weighted by atomic mass is 9.86. The summed E-state index contributed by atoms with van der Waals surface area (Å²) in [6, 6.07) is 13.5. The molecule has 2 aromatic rings. The number of benzene rings is 2. The van der Waals surface area contributed by atoms with Gasteiger partial charge in [-0.2, -0.15) is 0 Å². The molecule has 1 amide bonds. The lowest BCUT2D eigenvalue weighted by Gasteiger charge is -2.24. The third-order valence-corrected chi connectivity index (χ3v) is 6.49. The third kappa shape index (κ3) is 4.50. The second kappa shape index (κ2) is 8.50. The van der Waals surface area contributed by atoms with E-state index in [1.54, 1.807) is 0 Å². The molecule has 5 heteroatoms. The Bertz CT molecular complexity index is 937. The van der Waals surface area contributed by atoms with E-state index in [9.17, 15) is 14.7 Å². The Hall–Kier alpha value is -2.82. The summed E-state index contributed by atoms with van der Waals surface area (Å²) in [5.41, 5.74) is 3.69. The van der Waals surface area contributed by atoms with Gasteiger partial charge in [0.2, 0.25) is 5.91 Å². The molecule has 1 saturated carbocycles. The molecule has 30 heavy (non-hydrogen) atoms. The summed E-state index contributed by atoms with van der Waals surface area (Å²) in [7, 11) is 0. The second-order valence-corrected chi connectivity index (χ2v) is 8.93. The Morgan fingerprint density at radius 1 is 1.13 bits per heavy atom. The van der Waals surface area contributed by atoms with Crippen LogP contribution in [-0.2, 0) is 28.9 Å². The number of amides is 1. The first-order chi connectivity index (χ1) is 14.4. The molecule has 5 nitrogen and oxygen atoms in total. The molecule has 0 radical (unpaired) electrons. The van der Waals surface area contributed by atoms with Gasteiger partial charge in [0.25, 0.3) is 0 Å². The van der Waals surface area contributed by atoms with Crippen LogP contribution in [-0.4, -0.2) is 23.6 Å². The van der Waals surface area contributed by atoms with Gasteiger partial charge in [-0.15, -0.1) is 0 Å². The molecule has 2 aliphatic rings. The first kappa shape index (κ1) is 20.5. The molecule has 0 bridgehead atoms. The fourth-order valence-electron chi connectivity index (χ4n) is 4.75. The predicted molar refractivity (Wildman–Crippen MR) is 116 cm³/mol. The summed E-state index contributed by atoms with van der Waals surface area (Å²) in [6.07, 6.45) is 5.93. The minimum absolute atomic E-state index is 0.0496. The van der Waals surface area contributed by atoms with Crippen LogP contribution in [0.15, 0.2) is 42.5 Å². The molecule has 0 saturated heterocycles. The molecule has 2 aliphatic carbocycles. The highest BCUT2D eigenvalue weighted by molar-refractivity contribution is 5.92. The Balaban J connectivity index is 1.31. The van der Waals surface area contributed by atoms with Crippen molar-refractivity contribution in [3.8, 4) is 5.75 Å². The van der Waals surface area contributed by atoms with Crippen molar-refractivity contribution in [2.24, 2.45) is 11.3 Å². The third-order valence-electron chi connectivity index (χ3n) is 6.49. The molecule has 4 rings (SSSR count). The average Bonchev–Trinajstić information content (AvgIpc) is 3.34. The molecule has 158 valence electrons. The van der Waals surface area contributed by atoms with E-state index >= 15 is 0 Å². The van der Waals surface area contributed by atoms with Crippen LogP contribution in [0.4, 0.5) is 5.69 Å². The van der Waals surface area contributed by atoms with E-state index < -0.39 is 11.4 Å². The number of carbonyl (C=O) groups excluding carboxylic acids is 1.